The second-order valence-corrected chi connectivity index (χ2v) is 8.22. The van der Waals surface area contributed by atoms with E-state index in [1.165, 1.54) is 4.31 Å². The van der Waals surface area contributed by atoms with Gasteiger partial charge in [-0.15, -0.1) is 0 Å². The van der Waals surface area contributed by atoms with Crippen LogP contribution < -0.4 is 11.1 Å². The lowest BCUT2D eigenvalue weighted by Gasteiger charge is -2.33. The van der Waals surface area contributed by atoms with Gasteiger partial charge in [-0.25, -0.2) is 12.7 Å². The van der Waals surface area contributed by atoms with Crippen LogP contribution in [0.2, 0.25) is 0 Å². The van der Waals surface area contributed by atoms with Crippen LogP contribution in [0, 0.1) is 0 Å². The van der Waals surface area contributed by atoms with Gasteiger partial charge in [-0.2, -0.15) is 0 Å². The van der Waals surface area contributed by atoms with Gasteiger partial charge in [0.15, 0.2) is 0 Å². The van der Waals surface area contributed by atoms with Crippen molar-refractivity contribution in [2.75, 3.05) is 18.8 Å². The van der Waals surface area contributed by atoms with Crippen LogP contribution in [0.3, 0.4) is 0 Å². The third-order valence-corrected chi connectivity index (χ3v) is 6.01. The number of nitrogens with zero attached hydrogens (tertiary/aromatic N) is 1. The van der Waals surface area contributed by atoms with Gasteiger partial charge in [0.25, 0.3) is 0 Å². The maximum absolute atomic E-state index is 12.1. The molecular weight excluding hydrogens is 290 g/mol. The number of sulfonamides is 1. The van der Waals surface area contributed by atoms with Crippen molar-refractivity contribution in [1.29, 1.82) is 0 Å². The van der Waals surface area contributed by atoms with Crippen LogP contribution in [0.25, 0.3) is 0 Å². The fraction of sp³-hybridized carbons (Fsp3) is 0.929. The van der Waals surface area contributed by atoms with E-state index in [9.17, 15) is 13.2 Å². The van der Waals surface area contributed by atoms with Gasteiger partial charge in [0, 0.05) is 19.1 Å². The zero-order valence-electron chi connectivity index (χ0n) is 13.4. The van der Waals surface area contributed by atoms with Crippen LogP contribution in [-0.2, 0) is 14.8 Å². The van der Waals surface area contributed by atoms with E-state index in [1.54, 1.807) is 6.92 Å². The molecule has 1 aliphatic heterocycles. The minimum atomic E-state index is -3.13. The number of nitrogens with one attached hydrogen (secondary N) is 1. The summed E-state index contributed by atoms with van der Waals surface area (Å²) in [5.41, 5.74) is 5.16. The molecule has 1 heterocycles. The monoisotopic (exact) mass is 319 g/mol. The quantitative estimate of drug-likeness (QED) is 0.727. The number of nitrogens with two attached hydrogens (primary N) is 1. The van der Waals surface area contributed by atoms with Gasteiger partial charge in [-0.3, -0.25) is 4.79 Å². The molecule has 1 unspecified atom stereocenters. The zero-order chi connectivity index (χ0) is 16.1. The Morgan fingerprint density at radius 1 is 1.29 bits per heavy atom. The Hall–Kier alpha value is -0.660. The van der Waals surface area contributed by atoms with E-state index in [-0.39, 0.29) is 17.7 Å². The molecule has 0 aliphatic carbocycles. The fourth-order valence-corrected chi connectivity index (χ4v) is 4.19. The number of carbonyl (C=O) groups excluding carboxylic acids is 1. The Morgan fingerprint density at radius 3 is 2.33 bits per heavy atom. The number of amides is 1. The van der Waals surface area contributed by atoms with Gasteiger partial charge in [0.05, 0.1) is 11.3 Å². The van der Waals surface area contributed by atoms with Crippen LogP contribution in [0.1, 0.15) is 52.9 Å². The van der Waals surface area contributed by atoms with Crippen LogP contribution in [0.4, 0.5) is 0 Å². The number of carbonyl (C=O) groups is 1. The zero-order valence-corrected chi connectivity index (χ0v) is 14.2. The SMILES string of the molecule is CCCC(C)(N)C(=O)NC1CCN(S(=O)(=O)CCC)CC1. The first-order valence-corrected chi connectivity index (χ1v) is 9.41. The Kier molecular flexibility index (Phi) is 6.62. The molecule has 1 amide bonds. The number of hydrogen-bond acceptors (Lipinski definition) is 4. The molecule has 0 aromatic carbocycles. The van der Waals surface area contributed by atoms with E-state index < -0.39 is 15.6 Å². The van der Waals surface area contributed by atoms with Crippen LogP contribution in [0.15, 0.2) is 0 Å². The molecule has 3 N–H and O–H groups in total. The van der Waals surface area contributed by atoms with Crippen molar-refractivity contribution < 1.29 is 13.2 Å². The van der Waals surface area contributed by atoms with Crippen molar-refractivity contribution in [3.8, 4) is 0 Å². The van der Waals surface area contributed by atoms with Gasteiger partial charge in [-0.1, -0.05) is 20.3 Å². The first-order valence-electron chi connectivity index (χ1n) is 7.80. The van der Waals surface area contributed by atoms with Crippen molar-refractivity contribution in [1.82, 2.24) is 9.62 Å². The summed E-state index contributed by atoms with van der Waals surface area (Å²) in [4.78, 5) is 12.1. The average molecular weight is 319 g/mol. The van der Waals surface area contributed by atoms with E-state index in [0.29, 0.717) is 38.8 Å². The third kappa shape index (κ3) is 5.23. The molecule has 124 valence electrons. The first-order chi connectivity index (χ1) is 9.73. The van der Waals surface area contributed by atoms with Crippen molar-refractivity contribution in [2.24, 2.45) is 5.73 Å². The topological polar surface area (TPSA) is 92.5 Å². The Labute approximate surface area is 128 Å². The average Bonchev–Trinajstić information content (AvgIpc) is 2.39. The molecule has 21 heavy (non-hydrogen) atoms. The van der Waals surface area contributed by atoms with Gasteiger partial charge < -0.3 is 11.1 Å². The first kappa shape index (κ1) is 18.4. The van der Waals surface area contributed by atoms with Crippen molar-refractivity contribution in [2.45, 2.75) is 64.5 Å². The summed E-state index contributed by atoms with van der Waals surface area (Å²) in [5, 5.41) is 2.96. The van der Waals surface area contributed by atoms with Crippen LogP contribution >= 0.6 is 0 Å². The highest BCUT2D eigenvalue weighted by Crippen LogP contribution is 2.16. The van der Waals surface area contributed by atoms with Gasteiger partial charge in [-0.05, 0) is 32.6 Å². The molecule has 0 bridgehead atoms. The summed E-state index contributed by atoms with van der Waals surface area (Å²) in [7, 11) is -3.13. The lowest BCUT2D eigenvalue weighted by atomic mass is 9.95. The van der Waals surface area contributed by atoms with E-state index in [1.807, 2.05) is 13.8 Å². The number of rotatable bonds is 7. The Morgan fingerprint density at radius 2 is 1.86 bits per heavy atom. The van der Waals surface area contributed by atoms with E-state index in [0.717, 1.165) is 6.42 Å². The molecular formula is C14H29N3O3S. The van der Waals surface area contributed by atoms with Gasteiger partial charge >= 0.3 is 0 Å². The van der Waals surface area contributed by atoms with Gasteiger partial charge in [0.2, 0.25) is 15.9 Å². The predicted molar refractivity (Wildman–Crippen MR) is 84.3 cm³/mol. The highest BCUT2D eigenvalue weighted by atomic mass is 32.2. The Bertz CT molecular complexity index is 440. The molecule has 0 radical (unpaired) electrons. The van der Waals surface area contributed by atoms with Crippen molar-refractivity contribution in [3.05, 3.63) is 0 Å². The normalized spacial score (nSPS) is 21.0. The molecule has 0 saturated carbocycles. The predicted octanol–water partition coefficient (Wildman–Crippen LogP) is 0.824. The molecule has 1 fully saturated rings. The highest BCUT2D eigenvalue weighted by molar-refractivity contribution is 7.89. The van der Waals surface area contributed by atoms with E-state index in [4.69, 9.17) is 5.73 Å². The van der Waals surface area contributed by atoms with Gasteiger partial charge in [0.1, 0.15) is 0 Å². The molecule has 1 atom stereocenters. The third-order valence-electron chi connectivity index (χ3n) is 3.93. The summed E-state index contributed by atoms with van der Waals surface area (Å²) < 4.78 is 25.5. The maximum atomic E-state index is 12.1. The molecule has 0 aromatic heterocycles. The smallest absolute Gasteiger partial charge is 0.240 e. The molecule has 0 spiro atoms. The lowest BCUT2D eigenvalue weighted by molar-refractivity contribution is -0.127. The lowest BCUT2D eigenvalue weighted by Crippen LogP contribution is -2.56. The number of hydrogen-bond donors (Lipinski definition) is 2. The number of piperidine rings is 1. The van der Waals surface area contributed by atoms with Crippen LogP contribution in [0.5, 0.6) is 0 Å². The summed E-state index contributed by atoms with van der Waals surface area (Å²) in [5.74, 6) is 0.0562. The summed E-state index contributed by atoms with van der Waals surface area (Å²) in [6.07, 6.45) is 3.42. The molecule has 0 aromatic rings. The molecule has 1 saturated heterocycles. The summed E-state index contributed by atoms with van der Waals surface area (Å²) >= 11 is 0. The minimum absolute atomic E-state index is 0.0188. The molecule has 1 rings (SSSR count). The Balaban J connectivity index is 2.49. The second kappa shape index (κ2) is 7.56. The maximum Gasteiger partial charge on any atom is 0.240 e. The largest absolute Gasteiger partial charge is 0.352 e. The van der Waals surface area contributed by atoms with E-state index in [2.05, 4.69) is 5.32 Å². The second-order valence-electron chi connectivity index (χ2n) is 6.13. The highest BCUT2D eigenvalue weighted by Gasteiger charge is 2.32. The van der Waals surface area contributed by atoms with Crippen molar-refractivity contribution >= 4 is 15.9 Å². The van der Waals surface area contributed by atoms with Crippen LogP contribution in [-0.4, -0.2) is 49.1 Å². The molecule has 6 nitrogen and oxygen atoms in total. The minimum Gasteiger partial charge on any atom is -0.352 e. The summed E-state index contributed by atoms with van der Waals surface area (Å²) in [6, 6.07) is 0.0188. The molecule has 1 aliphatic rings. The summed E-state index contributed by atoms with van der Waals surface area (Å²) in [6.45, 7) is 6.55. The molecule has 7 heteroatoms. The van der Waals surface area contributed by atoms with E-state index >= 15 is 0 Å². The fourth-order valence-electron chi connectivity index (χ4n) is 2.65. The standard InChI is InChI=1S/C14H29N3O3S/c1-4-8-14(3,15)13(18)16-12-6-9-17(10-7-12)21(19,20)11-5-2/h12H,4-11,15H2,1-3H3,(H,16,18). The van der Waals surface area contributed by atoms with Crippen molar-refractivity contribution in [3.63, 3.8) is 0 Å².